The Hall–Kier alpha value is -1.76. The van der Waals surface area contributed by atoms with E-state index in [1.165, 1.54) is 19.3 Å². The Balaban J connectivity index is 4.20. The first-order valence-corrected chi connectivity index (χ1v) is 11.3. The van der Waals surface area contributed by atoms with Crippen LogP contribution in [-0.2, 0) is 19.1 Å². The normalized spacial score (nSPS) is 11.8. The zero-order valence-corrected chi connectivity index (χ0v) is 19.4. The maximum Gasteiger partial charge on any atom is 0.310 e. The van der Waals surface area contributed by atoms with Crippen LogP contribution < -0.4 is 10.6 Å². The molecule has 1 atom stereocenters. The van der Waals surface area contributed by atoms with Crippen LogP contribution in [0.15, 0.2) is 17.9 Å². The molecule has 0 radical (unpaired) electrons. The van der Waals surface area contributed by atoms with E-state index in [4.69, 9.17) is 4.74 Å². The maximum atomic E-state index is 12.1. The summed E-state index contributed by atoms with van der Waals surface area (Å²) in [6, 6.07) is 0. The van der Waals surface area contributed by atoms with Gasteiger partial charge in [-0.15, -0.1) is 5.73 Å². The lowest BCUT2D eigenvalue weighted by atomic mass is 9.87. The number of carbonyl (C=O) groups excluding carboxylic acids is 3. The average Bonchev–Trinajstić information content (AvgIpc) is 2.72. The van der Waals surface area contributed by atoms with Crippen LogP contribution in [0.3, 0.4) is 0 Å². The summed E-state index contributed by atoms with van der Waals surface area (Å²) in [6.45, 7) is 5.91. The van der Waals surface area contributed by atoms with Crippen molar-refractivity contribution in [1.82, 2.24) is 10.6 Å². The number of carbonyl (C=O) groups is 3. The van der Waals surface area contributed by atoms with Gasteiger partial charge in [0.15, 0.2) is 0 Å². The number of nitrogens with one attached hydrogen (secondary N) is 2. The van der Waals surface area contributed by atoms with E-state index >= 15 is 0 Å². The number of rotatable bonds is 16. The third-order valence-electron chi connectivity index (χ3n) is 4.39. The highest BCUT2D eigenvalue weighted by Crippen LogP contribution is 2.21. The zero-order valence-electron chi connectivity index (χ0n) is 18.5. The Morgan fingerprint density at radius 1 is 1.13 bits per heavy atom. The molecule has 0 aliphatic carbocycles. The molecule has 0 unspecified atom stereocenters. The number of hydrogen-bond donors (Lipinski definition) is 4. The van der Waals surface area contributed by atoms with Crippen molar-refractivity contribution < 1.29 is 24.2 Å². The van der Waals surface area contributed by atoms with Crippen molar-refractivity contribution in [3.63, 3.8) is 0 Å². The van der Waals surface area contributed by atoms with Gasteiger partial charge in [0.1, 0.15) is 6.10 Å². The largest absolute Gasteiger partial charge is 0.465 e. The summed E-state index contributed by atoms with van der Waals surface area (Å²) >= 11 is 3.99. The quantitative estimate of drug-likeness (QED) is 0.127. The lowest BCUT2D eigenvalue weighted by Crippen LogP contribution is -2.47. The van der Waals surface area contributed by atoms with Crippen molar-refractivity contribution in [3.05, 3.63) is 17.9 Å². The molecular formula is C22H38N2O5S. The first-order valence-electron chi connectivity index (χ1n) is 10.6. The number of amides is 2. The second-order valence-corrected chi connectivity index (χ2v) is 8.24. The van der Waals surface area contributed by atoms with Crippen LogP contribution in [0.25, 0.3) is 0 Å². The number of unbranched alkanes of at least 4 members (excludes halogenated alkanes) is 4. The van der Waals surface area contributed by atoms with Gasteiger partial charge < -0.3 is 20.5 Å². The molecule has 0 aliphatic heterocycles. The Kier molecular flexibility index (Phi) is 16.0. The minimum absolute atomic E-state index is 0.0885. The number of aliphatic hydroxyl groups is 1. The van der Waals surface area contributed by atoms with Crippen LogP contribution in [0.5, 0.6) is 0 Å². The van der Waals surface area contributed by atoms with Crippen LogP contribution in [0.4, 0.5) is 0 Å². The van der Waals surface area contributed by atoms with E-state index in [2.05, 4.69) is 35.9 Å². The smallest absolute Gasteiger partial charge is 0.310 e. The first-order chi connectivity index (χ1) is 14.2. The van der Waals surface area contributed by atoms with Gasteiger partial charge in [-0.2, -0.15) is 12.6 Å². The molecule has 30 heavy (non-hydrogen) atoms. The van der Waals surface area contributed by atoms with Crippen molar-refractivity contribution in [2.24, 2.45) is 5.41 Å². The van der Waals surface area contributed by atoms with Crippen molar-refractivity contribution in [3.8, 4) is 0 Å². The Morgan fingerprint density at radius 2 is 1.87 bits per heavy atom. The molecule has 7 nitrogen and oxygen atoms in total. The van der Waals surface area contributed by atoms with Crippen LogP contribution in [0.1, 0.15) is 65.7 Å². The molecule has 0 aromatic rings. The third kappa shape index (κ3) is 14.3. The van der Waals surface area contributed by atoms with Crippen molar-refractivity contribution >= 4 is 30.4 Å². The Bertz CT molecular complexity index is 586. The summed E-state index contributed by atoms with van der Waals surface area (Å²) in [7, 11) is 0. The highest BCUT2D eigenvalue weighted by atomic mass is 32.1. The molecule has 0 bridgehead atoms. The summed E-state index contributed by atoms with van der Waals surface area (Å²) in [4.78, 5) is 35.4. The van der Waals surface area contributed by atoms with Gasteiger partial charge in [0.05, 0.1) is 13.0 Å². The standard InChI is InChI=1S/C22H38N2O5S/c1-4-5-6-7-8-9-10-11-12-19(26)29-17-22(2,3)20(27)21(28)24-14-13-18(25)23-15-16-30/h9,11,20,27,30H,4-8,12-17H2,1-3H3,(H,23,25)(H,24,28)/t10?,20-/m1/s1. The molecule has 0 aromatic carbocycles. The van der Waals surface area contributed by atoms with Crippen LogP contribution >= 0.6 is 12.6 Å². The summed E-state index contributed by atoms with van der Waals surface area (Å²) < 4.78 is 5.19. The second-order valence-electron chi connectivity index (χ2n) is 7.79. The van der Waals surface area contributed by atoms with Gasteiger partial charge in [0, 0.05) is 30.7 Å². The van der Waals surface area contributed by atoms with Gasteiger partial charge in [-0.1, -0.05) is 40.0 Å². The SMILES string of the molecule is CCCCCCC=C=CCC(=O)OCC(C)(C)[C@H](O)C(=O)NCCC(=O)NCCS. The molecule has 0 fully saturated rings. The van der Waals surface area contributed by atoms with Gasteiger partial charge in [0.2, 0.25) is 11.8 Å². The van der Waals surface area contributed by atoms with Crippen LogP contribution in [0, 0.1) is 5.41 Å². The molecule has 0 saturated carbocycles. The highest BCUT2D eigenvalue weighted by molar-refractivity contribution is 7.80. The fraction of sp³-hybridized carbons (Fsp3) is 0.727. The zero-order chi connectivity index (χ0) is 22.8. The lowest BCUT2D eigenvalue weighted by molar-refractivity contribution is -0.152. The fourth-order valence-corrected chi connectivity index (χ4v) is 2.53. The third-order valence-corrected chi connectivity index (χ3v) is 4.61. The van der Waals surface area contributed by atoms with E-state index in [1.54, 1.807) is 19.9 Å². The van der Waals surface area contributed by atoms with E-state index in [0.29, 0.717) is 12.3 Å². The molecule has 8 heteroatoms. The minimum atomic E-state index is -1.37. The van der Waals surface area contributed by atoms with Crippen LogP contribution in [-0.4, -0.2) is 54.4 Å². The van der Waals surface area contributed by atoms with Gasteiger partial charge >= 0.3 is 5.97 Å². The van der Waals surface area contributed by atoms with E-state index < -0.39 is 23.4 Å². The molecule has 0 aliphatic rings. The molecule has 0 aromatic heterocycles. The van der Waals surface area contributed by atoms with Crippen LogP contribution in [0.2, 0.25) is 0 Å². The number of aliphatic hydroxyl groups excluding tert-OH is 1. The molecule has 2 amide bonds. The van der Waals surface area contributed by atoms with Crippen molar-refractivity contribution in [2.75, 3.05) is 25.4 Å². The highest BCUT2D eigenvalue weighted by Gasteiger charge is 2.34. The van der Waals surface area contributed by atoms with Gasteiger partial charge in [-0.25, -0.2) is 0 Å². The summed E-state index contributed by atoms with van der Waals surface area (Å²) in [5.74, 6) is -0.711. The topological polar surface area (TPSA) is 105 Å². The second kappa shape index (κ2) is 17.0. The van der Waals surface area contributed by atoms with Gasteiger partial charge in [-0.05, 0) is 25.0 Å². The van der Waals surface area contributed by atoms with Crippen molar-refractivity contribution in [2.45, 2.75) is 71.8 Å². The molecule has 3 N–H and O–H groups in total. The Labute approximate surface area is 186 Å². The molecular weight excluding hydrogens is 404 g/mol. The predicted molar refractivity (Wildman–Crippen MR) is 121 cm³/mol. The van der Waals surface area contributed by atoms with E-state index in [1.807, 2.05) is 6.08 Å². The number of thiol groups is 1. The number of ether oxygens (including phenoxy) is 1. The molecule has 0 spiro atoms. The predicted octanol–water partition coefficient (Wildman–Crippen LogP) is 2.54. The Morgan fingerprint density at radius 3 is 2.53 bits per heavy atom. The molecule has 0 rings (SSSR count). The van der Waals surface area contributed by atoms with E-state index in [0.717, 1.165) is 12.8 Å². The average molecular weight is 443 g/mol. The first kappa shape index (κ1) is 28.2. The fourth-order valence-electron chi connectivity index (χ4n) is 2.42. The minimum Gasteiger partial charge on any atom is -0.465 e. The van der Waals surface area contributed by atoms with E-state index in [9.17, 15) is 19.5 Å². The van der Waals surface area contributed by atoms with Gasteiger partial charge in [0.25, 0.3) is 0 Å². The number of esters is 1. The van der Waals surface area contributed by atoms with E-state index in [-0.39, 0.29) is 31.9 Å². The summed E-state index contributed by atoms with van der Waals surface area (Å²) in [5, 5.41) is 15.4. The molecule has 0 saturated heterocycles. The maximum absolute atomic E-state index is 12.1. The lowest BCUT2D eigenvalue weighted by Gasteiger charge is -2.28. The van der Waals surface area contributed by atoms with Crippen molar-refractivity contribution in [1.29, 1.82) is 0 Å². The number of hydrogen-bond acceptors (Lipinski definition) is 6. The van der Waals surface area contributed by atoms with Gasteiger partial charge in [-0.3, -0.25) is 14.4 Å². The molecule has 172 valence electrons. The summed E-state index contributed by atoms with van der Waals surface area (Å²) in [5.41, 5.74) is 2.01. The summed E-state index contributed by atoms with van der Waals surface area (Å²) in [6.07, 6.45) is 8.06. The monoisotopic (exact) mass is 442 g/mol. The molecule has 0 heterocycles.